The van der Waals surface area contributed by atoms with E-state index in [0.29, 0.717) is 6.04 Å². The van der Waals surface area contributed by atoms with Gasteiger partial charge in [0.05, 0.1) is 0 Å². The zero-order valence-corrected chi connectivity index (χ0v) is 14.1. The highest BCUT2D eigenvalue weighted by Gasteiger charge is 2.14. The smallest absolute Gasteiger partial charge is 0.191 e. The molecule has 1 saturated carbocycles. The van der Waals surface area contributed by atoms with Crippen LogP contribution in [0.5, 0.6) is 0 Å². The van der Waals surface area contributed by atoms with Crippen molar-refractivity contribution in [3.63, 3.8) is 0 Å². The van der Waals surface area contributed by atoms with Gasteiger partial charge in [0.15, 0.2) is 5.96 Å². The Hall–Kier alpha value is -1.97. The normalized spacial score (nSPS) is 16.7. The van der Waals surface area contributed by atoms with Crippen LogP contribution in [0.4, 0.5) is 0 Å². The number of guanidine groups is 1. The maximum absolute atomic E-state index is 4.77. The molecule has 1 heterocycles. The number of fused-ring (bicyclic) bond motifs is 1. The summed E-state index contributed by atoms with van der Waals surface area (Å²) < 4.78 is 0. The molecule has 0 bridgehead atoms. The standard InChI is InChI=1S/C19H28N4/c1-2-20-19(23-16-8-4-3-5-9-16)21-13-12-15-14-22-18-11-7-6-10-17(15)18/h6-7,10-11,14,16,22H,2-5,8-9,12-13H2,1H3,(H2,20,21,23). The van der Waals surface area contributed by atoms with E-state index in [0.717, 1.165) is 25.5 Å². The molecular weight excluding hydrogens is 284 g/mol. The SMILES string of the molecule is CCNC(=NCCc1c[nH]c2ccccc12)NC1CCCCC1. The lowest BCUT2D eigenvalue weighted by Crippen LogP contribution is -2.44. The summed E-state index contributed by atoms with van der Waals surface area (Å²) >= 11 is 0. The van der Waals surface area contributed by atoms with Gasteiger partial charge < -0.3 is 15.6 Å². The Morgan fingerprint density at radius 2 is 2.04 bits per heavy atom. The van der Waals surface area contributed by atoms with Crippen LogP contribution < -0.4 is 10.6 Å². The second-order valence-corrected chi connectivity index (χ2v) is 6.35. The number of rotatable bonds is 5. The predicted molar refractivity (Wildman–Crippen MR) is 98.0 cm³/mol. The summed E-state index contributed by atoms with van der Waals surface area (Å²) in [5.74, 6) is 0.972. The first-order valence-corrected chi connectivity index (χ1v) is 8.96. The molecule has 1 aromatic heterocycles. The molecule has 1 fully saturated rings. The Morgan fingerprint density at radius 1 is 1.22 bits per heavy atom. The highest BCUT2D eigenvalue weighted by molar-refractivity contribution is 5.83. The van der Waals surface area contributed by atoms with Crippen molar-refractivity contribution in [2.24, 2.45) is 4.99 Å². The van der Waals surface area contributed by atoms with E-state index in [1.165, 1.54) is 48.6 Å². The van der Waals surface area contributed by atoms with Gasteiger partial charge in [-0.05, 0) is 37.8 Å². The lowest BCUT2D eigenvalue weighted by atomic mass is 9.96. The third-order valence-electron chi connectivity index (χ3n) is 4.62. The quantitative estimate of drug-likeness (QED) is 0.583. The molecular formula is C19H28N4. The minimum absolute atomic E-state index is 0.592. The van der Waals surface area contributed by atoms with Gasteiger partial charge in [0.25, 0.3) is 0 Å². The topological polar surface area (TPSA) is 52.2 Å². The molecule has 4 nitrogen and oxygen atoms in total. The van der Waals surface area contributed by atoms with Gasteiger partial charge in [-0.15, -0.1) is 0 Å². The molecule has 3 N–H and O–H groups in total. The van der Waals surface area contributed by atoms with Crippen LogP contribution in [0.25, 0.3) is 10.9 Å². The van der Waals surface area contributed by atoms with Gasteiger partial charge in [-0.25, -0.2) is 0 Å². The number of nitrogens with one attached hydrogen (secondary N) is 3. The zero-order chi connectivity index (χ0) is 15.9. The van der Waals surface area contributed by atoms with E-state index in [2.05, 4.69) is 53.0 Å². The second-order valence-electron chi connectivity index (χ2n) is 6.35. The number of benzene rings is 1. The third-order valence-corrected chi connectivity index (χ3v) is 4.62. The number of aromatic amines is 1. The molecule has 0 spiro atoms. The third kappa shape index (κ3) is 4.27. The van der Waals surface area contributed by atoms with Gasteiger partial charge in [0.1, 0.15) is 0 Å². The number of hydrogen-bond acceptors (Lipinski definition) is 1. The van der Waals surface area contributed by atoms with E-state index in [9.17, 15) is 0 Å². The minimum Gasteiger partial charge on any atom is -0.361 e. The van der Waals surface area contributed by atoms with Gasteiger partial charge in [-0.1, -0.05) is 37.5 Å². The van der Waals surface area contributed by atoms with Crippen LogP contribution in [-0.2, 0) is 6.42 Å². The fourth-order valence-corrected chi connectivity index (χ4v) is 3.39. The van der Waals surface area contributed by atoms with Crippen LogP contribution in [0.15, 0.2) is 35.5 Å². The highest BCUT2D eigenvalue weighted by atomic mass is 15.2. The molecule has 0 unspecified atom stereocenters. The Morgan fingerprint density at radius 3 is 2.87 bits per heavy atom. The summed E-state index contributed by atoms with van der Waals surface area (Å²) in [6.45, 7) is 3.84. The first-order chi connectivity index (χ1) is 11.4. The Balaban J connectivity index is 1.59. The van der Waals surface area contributed by atoms with Gasteiger partial charge in [0, 0.05) is 36.2 Å². The van der Waals surface area contributed by atoms with E-state index < -0.39 is 0 Å². The predicted octanol–water partition coefficient (Wildman–Crippen LogP) is 3.60. The molecule has 4 heteroatoms. The summed E-state index contributed by atoms with van der Waals surface area (Å²) in [6.07, 6.45) is 9.68. The summed E-state index contributed by atoms with van der Waals surface area (Å²) in [4.78, 5) is 8.11. The number of H-pyrrole nitrogens is 1. The lowest BCUT2D eigenvalue weighted by molar-refractivity contribution is 0.410. The Kier molecular flexibility index (Phi) is 5.56. The van der Waals surface area contributed by atoms with Crippen LogP contribution in [0.2, 0.25) is 0 Å². The summed E-state index contributed by atoms with van der Waals surface area (Å²) in [5.41, 5.74) is 2.55. The van der Waals surface area contributed by atoms with Crippen molar-refractivity contribution in [1.29, 1.82) is 0 Å². The number of aromatic nitrogens is 1. The fraction of sp³-hybridized carbons (Fsp3) is 0.526. The van der Waals surface area contributed by atoms with Gasteiger partial charge in [0.2, 0.25) is 0 Å². The van der Waals surface area contributed by atoms with E-state index in [1.54, 1.807) is 0 Å². The number of hydrogen-bond donors (Lipinski definition) is 3. The van der Waals surface area contributed by atoms with E-state index in [-0.39, 0.29) is 0 Å². The Labute approximate surface area is 138 Å². The monoisotopic (exact) mass is 312 g/mol. The first kappa shape index (κ1) is 15.9. The molecule has 0 aliphatic heterocycles. The van der Waals surface area contributed by atoms with Crippen molar-refractivity contribution in [3.8, 4) is 0 Å². The summed E-state index contributed by atoms with van der Waals surface area (Å²) in [6, 6.07) is 9.05. The lowest BCUT2D eigenvalue weighted by Gasteiger charge is -2.24. The minimum atomic E-state index is 0.592. The Bertz CT molecular complexity index is 638. The van der Waals surface area contributed by atoms with Crippen LogP contribution in [0.1, 0.15) is 44.6 Å². The summed E-state index contributed by atoms with van der Waals surface area (Å²) in [5, 5.41) is 8.30. The average Bonchev–Trinajstić information content (AvgIpc) is 2.99. The van der Waals surface area contributed by atoms with Crippen LogP contribution >= 0.6 is 0 Å². The maximum atomic E-state index is 4.77. The van der Waals surface area contributed by atoms with Gasteiger partial charge in [-0.2, -0.15) is 0 Å². The second kappa shape index (κ2) is 8.04. The van der Waals surface area contributed by atoms with E-state index >= 15 is 0 Å². The molecule has 1 aliphatic carbocycles. The maximum Gasteiger partial charge on any atom is 0.191 e. The molecule has 2 aromatic rings. The first-order valence-electron chi connectivity index (χ1n) is 8.96. The van der Waals surface area contributed by atoms with Crippen LogP contribution in [-0.4, -0.2) is 30.1 Å². The molecule has 3 rings (SSSR count). The summed E-state index contributed by atoms with van der Waals surface area (Å²) in [7, 11) is 0. The van der Waals surface area contributed by atoms with E-state index in [4.69, 9.17) is 4.99 Å². The number of nitrogens with zero attached hydrogens (tertiary/aromatic N) is 1. The fourth-order valence-electron chi connectivity index (χ4n) is 3.39. The molecule has 0 radical (unpaired) electrons. The van der Waals surface area contributed by atoms with Gasteiger partial charge in [-0.3, -0.25) is 4.99 Å². The molecule has 0 saturated heterocycles. The van der Waals surface area contributed by atoms with Crippen LogP contribution in [0.3, 0.4) is 0 Å². The van der Waals surface area contributed by atoms with Crippen molar-refractivity contribution < 1.29 is 0 Å². The largest absolute Gasteiger partial charge is 0.361 e. The zero-order valence-electron chi connectivity index (χ0n) is 14.1. The van der Waals surface area contributed by atoms with Crippen molar-refractivity contribution in [1.82, 2.24) is 15.6 Å². The van der Waals surface area contributed by atoms with Crippen molar-refractivity contribution in [2.45, 2.75) is 51.5 Å². The molecule has 124 valence electrons. The number of aliphatic imine (C=N–C) groups is 1. The molecule has 1 aliphatic rings. The van der Waals surface area contributed by atoms with Crippen molar-refractivity contribution >= 4 is 16.9 Å². The molecule has 1 aromatic carbocycles. The highest BCUT2D eigenvalue weighted by Crippen LogP contribution is 2.18. The molecule has 0 atom stereocenters. The number of para-hydroxylation sites is 1. The van der Waals surface area contributed by atoms with E-state index in [1.807, 2.05) is 0 Å². The molecule has 23 heavy (non-hydrogen) atoms. The van der Waals surface area contributed by atoms with Crippen molar-refractivity contribution in [2.75, 3.05) is 13.1 Å². The van der Waals surface area contributed by atoms with Crippen LogP contribution in [0, 0.1) is 0 Å². The van der Waals surface area contributed by atoms with Gasteiger partial charge >= 0.3 is 0 Å². The molecule has 0 amide bonds. The van der Waals surface area contributed by atoms with Crippen molar-refractivity contribution in [3.05, 3.63) is 36.0 Å². The average molecular weight is 312 g/mol.